The van der Waals surface area contributed by atoms with Crippen molar-refractivity contribution in [3.63, 3.8) is 0 Å². The molecule has 0 aliphatic rings. The fraction of sp³-hybridized carbons (Fsp3) is 0.519. The number of unbranched alkanes of at least 4 members (excludes halogenated alkanes) is 5. The molecule has 0 amide bonds. The predicted molar refractivity (Wildman–Crippen MR) is 129 cm³/mol. The summed E-state index contributed by atoms with van der Waals surface area (Å²) in [7, 11) is 0. The molecule has 162 valence electrons. The topological polar surface area (TPSA) is 29.1 Å². The Labute approximate surface area is 180 Å². The third-order valence-electron chi connectivity index (χ3n) is 4.85. The van der Waals surface area contributed by atoms with Crippen molar-refractivity contribution in [2.75, 3.05) is 6.54 Å². The standard InChI is InChI=1S/C24H35N.C2H6.CH2O/c1-3-5-7-8-10-21-11-15-23(16-12-21)24-17-13-22(14-18-24)20-25-19-9-6-4-2;2*1-2/h11-18,25H,3-10,19-20H2,1-2H3;1-2H3;1H2. The van der Waals surface area contributed by atoms with Gasteiger partial charge in [-0.15, -0.1) is 0 Å². The predicted octanol–water partition coefficient (Wildman–Crippen LogP) is 7.60. The van der Waals surface area contributed by atoms with Crippen LogP contribution in [0.15, 0.2) is 48.5 Å². The number of benzene rings is 2. The Morgan fingerprint density at radius 3 is 1.66 bits per heavy atom. The number of rotatable bonds is 12. The lowest BCUT2D eigenvalue weighted by molar-refractivity contribution is -0.0979. The fourth-order valence-corrected chi connectivity index (χ4v) is 3.17. The molecule has 0 aliphatic heterocycles. The van der Waals surface area contributed by atoms with Crippen LogP contribution in [0.2, 0.25) is 0 Å². The van der Waals surface area contributed by atoms with Crippen LogP contribution in [0.25, 0.3) is 11.1 Å². The zero-order valence-electron chi connectivity index (χ0n) is 19.3. The van der Waals surface area contributed by atoms with Crippen molar-refractivity contribution in [3.05, 3.63) is 59.7 Å². The van der Waals surface area contributed by atoms with Crippen LogP contribution < -0.4 is 5.32 Å². The van der Waals surface area contributed by atoms with Gasteiger partial charge < -0.3 is 10.1 Å². The summed E-state index contributed by atoms with van der Waals surface area (Å²) in [6.45, 7) is 12.6. The molecule has 2 aromatic carbocycles. The van der Waals surface area contributed by atoms with Gasteiger partial charge in [0.05, 0.1) is 0 Å². The van der Waals surface area contributed by atoms with E-state index in [1.165, 1.54) is 73.6 Å². The second kappa shape index (κ2) is 19.4. The maximum Gasteiger partial charge on any atom is 0.106 e. The summed E-state index contributed by atoms with van der Waals surface area (Å²) in [6, 6.07) is 18.1. The first-order valence-corrected chi connectivity index (χ1v) is 11.5. The van der Waals surface area contributed by atoms with Crippen LogP contribution in [0, 0.1) is 0 Å². The molecule has 0 aromatic heterocycles. The fourth-order valence-electron chi connectivity index (χ4n) is 3.17. The highest BCUT2D eigenvalue weighted by molar-refractivity contribution is 5.63. The maximum atomic E-state index is 8.00. The van der Waals surface area contributed by atoms with Crippen LogP contribution >= 0.6 is 0 Å². The monoisotopic (exact) mass is 397 g/mol. The number of nitrogens with one attached hydrogen (secondary N) is 1. The van der Waals surface area contributed by atoms with Crippen molar-refractivity contribution < 1.29 is 4.79 Å². The van der Waals surface area contributed by atoms with E-state index in [0.717, 1.165) is 13.1 Å². The first-order valence-electron chi connectivity index (χ1n) is 11.5. The van der Waals surface area contributed by atoms with E-state index < -0.39 is 0 Å². The SMILES string of the molecule is C=O.CC.CCCCCCc1ccc(-c2ccc(CNCCCCC)cc2)cc1. The molecule has 0 heterocycles. The molecule has 2 rings (SSSR count). The van der Waals surface area contributed by atoms with Gasteiger partial charge in [-0.2, -0.15) is 0 Å². The average Bonchev–Trinajstić information content (AvgIpc) is 2.80. The van der Waals surface area contributed by atoms with E-state index >= 15 is 0 Å². The highest BCUT2D eigenvalue weighted by Crippen LogP contribution is 2.21. The summed E-state index contributed by atoms with van der Waals surface area (Å²) in [6.07, 6.45) is 10.4. The minimum absolute atomic E-state index is 0.973. The largest absolute Gasteiger partial charge is 0.313 e. The van der Waals surface area contributed by atoms with Crippen molar-refractivity contribution in [3.8, 4) is 11.1 Å². The Morgan fingerprint density at radius 2 is 1.14 bits per heavy atom. The van der Waals surface area contributed by atoms with Gasteiger partial charge in [0.2, 0.25) is 0 Å². The molecule has 0 unspecified atom stereocenters. The Hall–Kier alpha value is -1.93. The summed E-state index contributed by atoms with van der Waals surface area (Å²) in [5.74, 6) is 0. The van der Waals surface area contributed by atoms with Gasteiger partial charge in [0.1, 0.15) is 6.79 Å². The number of carbonyl (C=O) groups is 1. The first-order chi connectivity index (χ1) is 14.3. The third kappa shape index (κ3) is 12.3. The van der Waals surface area contributed by atoms with Crippen LogP contribution in [0.4, 0.5) is 0 Å². The normalized spacial score (nSPS) is 9.79. The van der Waals surface area contributed by atoms with Crippen molar-refractivity contribution in [1.82, 2.24) is 5.32 Å². The second-order valence-corrected chi connectivity index (χ2v) is 7.09. The van der Waals surface area contributed by atoms with Gasteiger partial charge in [-0.05, 0) is 48.1 Å². The molecule has 0 saturated carbocycles. The number of hydrogen-bond donors (Lipinski definition) is 1. The zero-order valence-corrected chi connectivity index (χ0v) is 19.3. The van der Waals surface area contributed by atoms with Crippen LogP contribution in [0.3, 0.4) is 0 Å². The number of aryl methyl sites for hydroxylation is 1. The van der Waals surface area contributed by atoms with Crippen molar-refractivity contribution >= 4 is 6.79 Å². The number of carbonyl (C=O) groups excluding carboxylic acids is 1. The minimum atomic E-state index is 0.973. The van der Waals surface area contributed by atoms with Crippen molar-refractivity contribution in [2.24, 2.45) is 0 Å². The molecule has 0 saturated heterocycles. The van der Waals surface area contributed by atoms with Crippen LogP contribution in [-0.4, -0.2) is 13.3 Å². The van der Waals surface area contributed by atoms with Gasteiger partial charge in [-0.25, -0.2) is 0 Å². The maximum absolute atomic E-state index is 8.00. The Bertz CT molecular complexity index is 589. The van der Waals surface area contributed by atoms with E-state index in [-0.39, 0.29) is 0 Å². The summed E-state index contributed by atoms with van der Waals surface area (Å²) >= 11 is 0. The van der Waals surface area contributed by atoms with Crippen LogP contribution in [0.5, 0.6) is 0 Å². The Kier molecular flexibility index (Phi) is 18.1. The minimum Gasteiger partial charge on any atom is -0.313 e. The van der Waals surface area contributed by atoms with E-state index in [9.17, 15) is 0 Å². The lowest BCUT2D eigenvalue weighted by Crippen LogP contribution is -2.14. The first kappa shape index (κ1) is 27.1. The average molecular weight is 398 g/mol. The van der Waals surface area contributed by atoms with E-state index in [0.29, 0.717) is 0 Å². The molecule has 0 bridgehead atoms. The molecule has 0 atom stereocenters. The molecule has 0 aliphatic carbocycles. The summed E-state index contributed by atoms with van der Waals surface area (Å²) in [4.78, 5) is 8.00. The molecule has 2 heteroatoms. The van der Waals surface area contributed by atoms with Gasteiger partial charge in [0, 0.05) is 6.54 Å². The van der Waals surface area contributed by atoms with E-state index in [1.54, 1.807) is 0 Å². The highest BCUT2D eigenvalue weighted by atomic mass is 16.1. The van der Waals surface area contributed by atoms with Gasteiger partial charge in [0.15, 0.2) is 0 Å². The van der Waals surface area contributed by atoms with Gasteiger partial charge in [-0.1, -0.05) is 108 Å². The second-order valence-electron chi connectivity index (χ2n) is 7.09. The molecule has 0 spiro atoms. The van der Waals surface area contributed by atoms with E-state index in [4.69, 9.17) is 4.79 Å². The molecular formula is C27H43NO. The zero-order chi connectivity index (χ0) is 21.7. The van der Waals surface area contributed by atoms with Crippen LogP contribution in [-0.2, 0) is 17.8 Å². The summed E-state index contributed by atoms with van der Waals surface area (Å²) in [5.41, 5.74) is 5.47. The summed E-state index contributed by atoms with van der Waals surface area (Å²) < 4.78 is 0. The molecule has 2 aromatic rings. The highest BCUT2D eigenvalue weighted by Gasteiger charge is 2.00. The lowest BCUT2D eigenvalue weighted by Gasteiger charge is -2.07. The van der Waals surface area contributed by atoms with Crippen LogP contribution in [0.1, 0.15) is 83.8 Å². The molecule has 2 nitrogen and oxygen atoms in total. The molecule has 0 radical (unpaired) electrons. The Morgan fingerprint density at radius 1 is 0.655 bits per heavy atom. The summed E-state index contributed by atoms with van der Waals surface area (Å²) in [5, 5.41) is 3.53. The quantitative estimate of drug-likeness (QED) is 0.374. The van der Waals surface area contributed by atoms with Gasteiger partial charge in [-0.3, -0.25) is 0 Å². The number of hydrogen-bond acceptors (Lipinski definition) is 2. The van der Waals surface area contributed by atoms with E-state index in [1.807, 2.05) is 20.6 Å². The van der Waals surface area contributed by atoms with E-state index in [2.05, 4.69) is 67.7 Å². The molecule has 0 fully saturated rings. The molecule has 1 N–H and O–H groups in total. The van der Waals surface area contributed by atoms with Gasteiger partial charge >= 0.3 is 0 Å². The Balaban J connectivity index is 0.00000184. The molecule has 29 heavy (non-hydrogen) atoms. The van der Waals surface area contributed by atoms with Gasteiger partial charge in [0.25, 0.3) is 0 Å². The third-order valence-corrected chi connectivity index (χ3v) is 4.85. The van der Waals surface area contributed by atoms with Crippen molar-refractivity contribution in [2.45, 2.75) is 85.6 Å². The smallest absolute Gasteiger partial charge is 0.106 e. The molecular weight excluding hydrogens is 354 g/mol. The lowest BCUT2D eigenvalue weighted by atomic mass is 10.0. The van der Waals surface area contributed by atoms with Crippen molar-refractivity contribution in [1.29, 1.82) is 0 Å².